The Bertz CT molecular complexity index is 465. The van der Waals surface area contributed by atoms with Gasteiger partial charge in [-0.15, -0.1) is 0 Å². The van der Waals surface area contributed by atoms with Crippen molar-refractivity contribution >= 4 is 5.91 Å². The Morgan fingerprint density at radius 3 is 2.60 bits per heavy atom. The van der Waals surface area contributed by atoms with Crippen LogP contribution in [0.25, 0.3) is 0 Å². The first kappa shape index (κ1) is 15.0. The minimum absolute atomic E-state index is 0.170. The lowest BCUT2D eigenvalue weighted by Crippen LogP contribution is -2.34. The predicted octanol–water partition coefficient (Wildman–Crippen LogP) is 1.54. The van der Waals surface area contributed by atoms with E-state index in [1.165, 1.54) is 16.7 Å². The first-order valence-corrected chi connectivity index (χ1v) is 7.37. The molecule has 1 aliphatic heterocycles. The topological polar surface area (TPSA) is 72.3 Å². The van der Waals surface area contributed by atoms with Crippen LogP contribution < -0.4 is 11.5 Å². The lowest BCUT2D eigenvalue weighted by molar-refractivity contribution is -0.119. The molecular formula is C16H25N3O. The number of primary amides is 1. The van der Waals surface area contributed by atoms with E-state index in [4.69, 9.17) is 11.5 Å². The van der Waals surface area contributed by atoms with E-state index in [9.17, 15) is 4.79 Å². The summed E-state index contributed by atoms with van der Waals surface area (Å²) in [6.45, 7) is 5.83. The molecule has 2 rings (SSSR count). The molecule has 110 valence electrons. The third-order valence-corrected chi connectivity index (χ3v) is 4.23. The Kier molecular flexibility index (Phi) is 5.15. The molecule has 1 aromatic carbocycles. The van der Waals surface area contributed by atoms with Gasteiger partial charge in [-0.3, -0.25) is 9.69 Å². The number of nitrogens with two attached hydrogens (primary N) is 2. The number of hydrogen-bond donors (Lipinski definition) is 2. The van der Waals surface area contributed by atoms with Crippen LogP contribution in [-0.2, 0) is 17.9 Å². The molecule has 1 heterocycles. The molecule has 4 N–H and O–H groups in total. The van der Waals surface area contributed by atoms with Gasteiger partial charge < -0.3 is 11.5 Å². The summed E-state index contributed by atoms with van der Waals surface area (Å²) in [5.41, 5.74) is 14.8. The molecule has 1 aliphatic rings. The van der Waals surface area contributed by atoms with E-state index in [0.717, 1.165) is 32.5 Å². The highest BCUT2D eigenvalue weighted by Crippen LogP contribution is 2.22. The molecule has 0 radical (unpaired) electrons. The molecule has 0 aliphatic carbocycles. The van der Waals surface area contributed by atoms with E-state index < -0.39 is 0 Å². The van der Waals surface area contributed by atoms with Gasteiger partial charge in [0.05, 0.1) is 0 Å². The van der Waals surface area contributed by atoms with Crippen molar-refractivity contribution in [3.8, 4) is 0 Å². The SMILES string of the molecule is Cc1cc(CN)ccc1CN1CCC(CC(N)=O)CC1. The zero-order chi connectivity index (χ0) is 14.5. The summed E-state index contributed by atoms with van der Waals surface area (Å²) in [6.07, 6.45) is 2.68. The number of nitrogens with zero attached hydrogens (tertiary/aromatic N) is 1. The van der Waals surface area contributed by atoms with Crippen LogP contribution >= 0.6 is 0 Å². The number of benzene rings is 1. The zero-order valence-corrected chi connectivity index (χ0v) is 12.3. The van der Waals surface area contributed by atoms with Gasteiger partial charge in [-0.1, -0.05) is 18.2 Å². The van der Waals surface area contributed by atoms with Crippen LogP contribution in [0.2, 0.25) is 0 Å². The Labute approximate surface area is 121 Å². The maximum absolute atomic E-state index is 10.9. The van der Waals surface area contributed by atoms with E-state index in [-0.39, 0.29) is 5.91 Å². The Hall–Kier alpha value is -1.39. The number of carbonyl (C=O) groups is 1. The maximum Gasteiger partial charge on any atom is 0.217 e. The fourth-order valence-electron chi connectivity index (χ4n) is 2.94. The molecule has 0 bridgehead atoms. The van der Waals surface area contributed by atoms with Gasteiger partial charge in [0.1, 0.15) is 0 Å². The number of amides is 1. The molecule has 0 atom stereocenters. The minimum atomic E-state index is -0.170. The second-order valence-electron chi connectivity index (χ2n) is 5.85. The zero-order valence-electron chi connectivity index (χ0n) is 12.3. The van der Waals surface area contributed by atoms with Crippen LogP contribution in [0, 0.1) is 12.8 Å². The standard InChI is InChI=1S/C16H25N3O/c1-12-8-14(10-17)2-3-15(12)11-19-6-4-13(5-7-19)9-16(18)20/h2-3,8,13H,4-7,9-11,17H2,1H3,(H2,18,20). The van der Waals surface area contributed by atoms with Crippen molar-refractivity contribution in [3.63, 3.8) is 0 Å². The maximum atomic E-state index is 10.9. The summed E-state index contributed by atoms with van der Waals surface area (Å²) in [5, 5.41) is 0. The Balaban J connectivity index is 1.88. The van der Waals surface area contributed by atoms with Gasteiger partial charge in [-0.2, -0.15) is 0 Å². The first-order valence-electron chi connectivity index (χ1n) is 7.37. The average Bonchev–Trinajstić information content (AvgIpc) is 2.42. The van der Waals surface area contributed by atoms with Crippen molar-refractivity contribution in [2.24, 2.45) is 17.4 Å². The Morgan fingerprint density at radius 1 is 1.35 bits per heavy atom. The molecule has 1 amide bonds. The van der Waals surface area contributed by atoms with Crippen molar-refractivity contribution in [2.45, 2.75) is 39.3 Å². The summed E-state index contributed by atoms with van der Waals surface area (Å²) in [5.74, 6) is 0.307. The van der Waals surface area contributed by atoms with Crippen LogP contribution in [0.15, 0.2) is 18.2 Å². The van der Waals surface area contributed by atoms with E-state index in [2.05, 4.69) is 30.0 Å². The van der Waals surface area contributed by atoms with Crippen LogP contribution in [0.3, 0.4) is 0 Å². The second kappa shape index (κ2) is 6.86. The minimum Gasteiger partial charge on any atom is -0.370 e. The number of piperidine rings is 1. The smallest absolute Gasteiger partial charge is 0.217 e. The van der Waals surface area contributed by atoms with Crippen molar-refractivity contribution in [2.75, 3.05) is 13.1 Å². The van der Waals surface area contributed by atoms with Gasteiger partial charge in [0, 0.05) is 19.5 Å². The summed E-state index contributed by atoms with van der Waals surface area (Å²) in [7, 11) is 0. The molecule has 20 heavy (non-hydrogen) atoms. The summed E-state index contributed by atoms with van der Waals surface area (Å²) >= 11 is 0. The first-order chi connectivity index (χ1) is 9.58. The molecule has 4 nitrogen and oxygen atoms in total. The van der Waals surface area contributed by atoms with Crippen LogP contribution in [-0.4, -0.2) is 23.9 Å². The van der Waals surface area contributed by atoms with Crippen LogP contribution in [0.1, 0.15) is 36.0 Å². The third-order valence-electron chi connectivity index (χ3n) is 4.23. The number of rotatable bonds is 5. The Morgan fingerprint density at radius 2 is 2.05 bits per heavy atom. The fourth-order valence-corrected chi connectivity index (χ4v) is 2.94. The molecule has 0 saturated carbocycles. The van der Waals surface area contributed by atoms with Gasteiger partial charge in [-0.25, -0.2) is 0 Å². The van der Waals surface area contributed by atoms with Gasteiger partial charge >= 0.3 is 0 Å². The summed E-state index contributed by atoms with van der Waals surface area (Å²) in [6, 6.07) is 6.48. The fraction of sp³-hybridized carbons (Fsp3) is 0.562. The highest BCUT2D eigenvalue weighted by Gasteiger charge is 2.20. The molecule has 0 spiro atoms. The van der Waals surface area contributed by atoms with Gasteiger partial charge in [0.2, 0.25) is 5.91 Å². The summed E-state index contributed by atoms with van der Waals surface area (Å²) < 4.78 is 0. The second-order valence-corrected chi connectivity index (χ2v) is 5.85. The van der Waals surface area contributed by atoms with Crippen molar-refractivity contribution < 1.29 is 4.79 Å². The molecular weight excluding hydrogens is 250 g/mol. The van der Waals surface area contributed by atoms with Gasteiger partial charge in [-0.05, 0) is 55.5 Å². The number of likely N-dealkylation sites (tertiary alicyclic amines) is 1. The van der Waals surface area contributed by atoms with E-state index in [0.29, 0.717) is 18.9 Å². The number of hydrogen-bond acceptors (Lipinski definition) is 3. The third kappa shape index (κ3) is 4.05. The molecule has 1 fully saturated rings. The molecule has 4 heteroatoms. The molecule has 0 unspecified atom stereocenters. The predicted molar refractivity (Wildman–Crippen MR) is 80.9 cm³/mol. The lowest BCUT2D eigenvalue weighted by atomic mass is 9.93. The molecule has 1 aromatic rings. The normalized spacial score (nSPS) is 17.3. The molecule has 0 aromatic heterocycles. The van der Waals surface area contributed by atoms with Gasteiger partial charge in [0.15, 0.2) is 0 Å². The lowest BCUT2D eigenvalue weighted by Gasteiger charge is -2.31. The highest BCUT2D eigenvalue weighted by molar-refractivity contribution is 5.73. The average molecular weight is 275 g/mol. The van der Waals surface area contributed by atoms with Crippen LogP contribution in [0.5, 0.6) is 0 Å². The van der Waals surface area contributed by atoms with E-state index >= 15 is 0 Å². The molecule has 1 saturated heterocycles. The van der Waals surface area contributed by atoms with Crippen molar-refractivity contribution in [3.05, 3.63) is 34.9 Å². The van der Waals surface area contributed by atoms with E-state index in [1.807, 2.05) is 0 Å². The van der Waals surface area contributed by atoms with Crippen LogP contribution in [0.4, 0.5) is 0 Å². The largest absolute Gasteiger partial charge is 0.370 e. The quantitative estimate of drug-likeness (QED) is 0.856. The van der Waals surface area contributed by atoms with Crippen molar-refractivity contribution in [1.82, 2.24) is 4.90 Å². The number of carbonyl (C=O) groups excluding carboxylic acids is 1. The highest BCUT2D eigenvalue weighted by atomic mass is 16.1. The van der Waals surface area contributed by atoms with Gasteiger partial charge in [0.25, 0.3) is 0 Å². The van der Waals surface area contributed by atoms with Crippen molar-refractivity contribution in [1.29, 1.82) is 0 Å². The summed E-state index contributed by atoms with van der Waals surface area (Å²) in [4.78, 5) is 13.4. The monoisotopic (exact) mass is 275 g/mol. The number of aryl methyl sites for hydroxylation is 1. The van der Waals surface area contributed by atoms with E-state index in [1.54, 1.807) is 0 Å².